The third kappa shape index (κ3) is 5.29. The van der Waals surface area contributed by atoms with Gasteiger partial charge in [-0.1, -0.05) is 6.92 Å². The van der Waals surface area contributed by atoms with Crippen LogP contribution in [0.25, 0.3) is 0 Å². The van der Waals surface area contributed by atoms with Crippen molar-refractivity contribution in [2.75, 3.05) is 38.6 Å². The Morgan fingerprint density at radius 2 is 1.83 bits per heavy atom. The average Bonchev–Trinajstić information content (AvgIpc) is 3.19. The van der Waals surface area contributed by atoms with Gasteiger partial charge in [0.25, 0.3) is 5.91 Å². The number of thiophene rings is 1. The predicted octanol–water partition coefficient (Wildman–Crippen LogP) is 2.96. The van der Waals surface area contributed by atoms with Crippen molar-refractivity contribution in [3.8, 4) is 0 Å². The Morgan fingerprint density at radius 1 is 1.17 bits per heavy atom. The van der Waals surface area contributed by atoms with Crippen molar-refractivity contribution in [3.05, 3.63) is 45.8 Å². The Morgan fingerprint density at radius 3 is 2.43 bits per heavy atom. The van der Waals surface area contributed by atoms with Crippen molar-refractivity contribution in [2.45, 2.75) is 50.8 Å². The quantitative estimate of drug-likeness (QED) is 0.583. The van der Waals surface area contributed by atoms with E-state index in [1.165, 1.54) is 47.0 Å². The van der Waals surface area contributed by atoms with Gasteiger partial charge in [0.15, 0.2) is 0 Å². The molecule has 2 aliphatic rings. The Balaban J connectivity index is 1.54. The lowest BCUT2D eigenvalue weighted by atomic mass is 10.0. The topological polar surface area (TPSA) is 105 Å². The van der Waals surface area contributed by atoms with Crippen LogP contribution in [0, 0.1) is 0 Å². The van der Waals surface area contributed by atoms with E-state index in [1.807, 2.05) is 13.8 Å². The van der Waals surface area contributed by atoms with E-state index in [0.29, 0.717) is 22.5 Å². The van der Waals surface area contributed by atoms with Crippen molar-refractivity contribution in [1.29, 1.82) is 0 Å². The number of anilines is 1. The number of hydrogen-bond donors (Lipinski definition) is 1. The number of carbonyl (C=O) groups excluding carboxylic acids is 2. The van der Waals surface area contributed by atoms with E-state index in [-0.39, 0.29) is 30.2 Å². The number of hydrogen-bond acceptors (Lipinski definition) is 8. The van der Waals surface area contributed by atoms with Crippen LogP contribution in [0.2, 0.25) is 0 Å². The fourth-order valence-electron chi connectivity index (χ4n) is 4.56. The maximum Gasteiger partial charge on any atom is 0.341 e. The van der Waals surface area contributed by atoms with Crippen LogP contribution in [0.15, 0.2) is 29.2 Å². The molecule has 0 radical (unpaired) electrons. The summed E-state index contributed by atoms with van der Waals surface area (Å²) in [6, 6.07) is 5.85. The lowest BCUT2D eigenvalue weighted by Gasteiger charge is -2.34. The summed E-state index contributed by atoms with van der Waals surface area (Å²) in [5.74, 6) is -0.892. The molecule has 0 unspecified atom stereocenters. The Bertz CT molecular complexity index is 1200. The molecule has 0 bridgehead atoms. The fraction of sp³-hybridized carbons (Fsp3) is 0.500. The molecule has 1 aromatic heterocycles. The molecule has 3 heterocycles. The zero-order valence-electron chi connectivity index (χ0n) is 20.4. The van der Waals surface area contributed by atoms with Gasteiger partial charge in [-0.15, -0.1) is 11.3 Å². The van der Waals surface area contributed by atoms with Crippen LogP contribution in [0.5, 0.6) is 0 Å². The van der Waals surface area contributed by atoms with E-state index in [2.05, 4.69) is 17.1 Å². The maximum atomic E-state index is 13.1. The summed E-state index contributed by atoms with van der Waals surface area (Å²) < 4.78 is 38.2. The van der Waals surface area contributed by atoms with Gasteiger partial charge < -0.3 is 14.8 Å². The van der Waals surface area contributed by atoms with Gasteiger partial charge in [0.2, 0.25) is 10.0 Å². The molecule has 35 heavy (non-hydrogen) atoms. The highest BCUT2D eigenvalue weighted by Crippen LogP contribution is 2.38. The number of carbonyl (C=O) groups is 2. The van der Waals surface area contributed by atoms with Gasteiger partial charge in [-0.05, 0) is 56.6 Å². The molecular formula is C24H31N3O6S2. The molecule has 4 rings (SSSR count). The van der Waals surface area contributed by atoms with E-state index in [9.17, 15) is 18.0 Å². The van der Waals surface area contributed by atoms with Crippen LogP contribution in [-0.4, -0.2) is 75.0 Å². The first-order valence-electron chi connectivity index (χ1n) is 11.7. The van der Waals surface area contributed by atoms with E-state index < -0.39 is 21.9 Å². The minimum absolute atomic E-state index is 0.122. The second kappa shape index (κ2) is 10.4. The van der Waals surface area contributed by atoms with E-state index >= 15 is 0 Å². The van der Waals surface area contributed by atoms with E-state index in [0.717, 1.165) is 30.1 Å². The first-order valence-corrected chi connectivity index (χ1v) is 13.9. The smallest absolute Gasteiger partial charge is 0.341 e. The molecule has 2 atom stereocenters. The van der Waals surface area contributed by atoms with Gasteiger partial charge in [0, 0.05) is 36.6 Å². The zero-order chi connectivity index (χ0) is 25.3. The molecule has 190 valence electrons. The first-order chi connectivity index (χ1) is 16.6. The molecule has 2 aromatic rings. The molecule has 1 saturated heterocycles. The number of methoxy groups -OCH3 is 1. The molecule has 1 aromatic carbocycles. The van der Waals surface area contributed by atoms with Crippen molar-refractivity contribution >= 4 is 38.2 Å². The normalized spacial score (nSPS) is 21.4. The summed E-state index contributed by atoms with van der Waals surface area (Å²) >= 11 is 1.39. The molecule has 9 nitrogen and oxygen atoms in total. The standard InChI is InChI=1S/C24H31N3O6S2/c1-5-26-11-10-19-20(14-26)34-23(21(19)24(29)32-4)25-22(28)17-6-8-18(9-7-17)35(30,31)27-12-15(2)33-16(3)13-27/h6-9,15-16H,5,10-14H2,1-4H3,(H,25,28)/t15-,16-/m1/s1. The average molecular weight is 522 g/mol. The van der Waals surface area contributed by atoms with Crippen molar-refractivity contribution in [1.82, 2.24) is 9.21 Å². The highest BCUT2D eigenvalue weighted by molar-refractivity contribution is 7.89. The van der Waals surface area contributed by atoms with Crippen LogP contribution in [0.3, 0.4) is 0 Å². The number of nitrogens with zero attached hydrogens (tertiary/aromatic N) is 2. The monoisotopic (exact) mass is 521 g/mol. The molecule has 0 saturated carbocycles. The molecule has 2 aliphatic heterocycles. The minimum atomic E-state index is -3.70. The van der Waals surface area contributed by atoms with E-state index in [1.54, 1.807) is 0 Å². The SMILES string of the molecule is CCN1CCc2c(sc(NC(=O)c3ccc(S(=O)(=O)N4C[C@@H](C)O[C@H](C)C4)cc3)c2C(=O)OC)C1. The predicted molar refractivity (Wildman–Crippen MR) is 133 cm³/mol. The molecule has 11 heteroatoms. The summed E-state index contributed by atoms with van der Waals surface area (Å²) in [7, 11) is -2.37. The molecular weight excluding hydrogens is 490 g/mol. The number of morpholine rings is 1. The number of rotatable bonds is 6. The Kier molecular flexibility index (Phi) is 7.62. The number of ether oxygens (including phenoxy) is 2. The maximum absolute atomic E-state index is 13.1. The molecule has 1 amide bonds. The molecule has 1 fully saturated rings. The van der Waals surface area contributed by atoms with Gasteiger partial charge >= 0.3 is 5.97 Å². The number of likely N-dealkylation sites (N-methyl/N-ethyl adjacent to an activating group) is 1. The van der Waals surface area contributed by atoms with Crippen molar-refractivity contribution in [2.24, 2.45) is 0 Å². The lowest BCUT2D eigenvalue weighted by Crippen LogP contribution is -2.48. The minimum Gasteiger partial charge on any atom is -0.465 e. The highest BCUT2D eigenvalue weighted by Gasteiger charge is 2.33. The third-order valence-electron chi connectivity index (χ3n) is 6.34. The van der Waals surface area contributed by atoms with Crippen LogP contribution in [0.1, 0.15) is 51.9 Å². The second-order valence-electron chi connectivity index (χ2n) is 8.88. The van der Waals surface area contributed by atoms with Gasteiger partial charge in [0.1, 0.15) is 5.00 Å². The summed E-state index contributed by atoms with van der Waals surface area (Å²) in [5, 5.41) is 3.31. The number of nitrogens with one attached hydrogen (secondary N) is 1. The van der Waals surface area contributed by atoms with Crippen LogP contribution < -0.4 is 5.32 Å². The highest BCUT2D eigenvalue weighted by atomic mass is 32.2. The third-order valence-corrected chi connectivity index (χ3v) is 9.32. The van der Waals surface area contributed by atoms with Crippen molar-refractivity contribution in [3.63, 3.8) is 0 Å². The summed E-state index contributed by atoms with van der Waals surface area (Å²) in [6.45, 7) is 8.81. The summed E-state index contributed by atoms with van der Waals surface area (Å²) in [5.41, 5.74) is 1.63. The largest absolute Gasteiger partial charge is 0.465 e. The zero-order valence-corrected chi connectivity index (χ0v) is 22.0. The second-order valence-corrected chi connectivity index (χ2v) is 11.9. The summed E-state index contributed by atoms with van der Waals surface area (Å²) in [6.07, 6.45) is 0.331. The summed E-state index contributed by atoms with van der Waals surface area (Å²) in [4.78, 5) is 29.0. The first kappa shape index (κ1) is 25.8. The molecule has 1 N–H and O–H groups in total. The molecule has 0 spiro atoms. The van der Waals surface area contributed by atoms with Gasteiger partial charge in [0.05, 0.1) is 29.8 Å². The van der Waals surface area contributed by atoms with Crippen LogP contribution in [-0.2, 0) is 32.5 Å². The number of sulfonamides is 1. The van der Waals surface area contributed by atoms with Gasteiger partial charge in [-0.2, -0.15) is 4.31 Å². The lowest BCUT2D eigenvalue weighted by molar-refractivity contribution is -0.0440. The molecule has 0 aliphatic carbocycles. The van der Waals surface area contributed by atoms with Crippen LogP contribution >= 0.6 is 11.3 Å². The van der Waals surface area contributed by atoms with Gasteiger partial charge in [-0.25, -0.2) is 13.2 Å². The Hall–Kier alpha value is -2.31. The number of fused-ring (bicyclic) bond motifs is 1. The van der Waals surface area contributed by atoms with E-state index in [4.69, 9.17) is 9.47 Å². The van der Waals surface area contributed by atoms with Gasteiger partial charge in [-0.3, -0.25) is 9.69 Å². The van der Waals surface area contributed by atoms with Crippen molar-refractivity contribution < 1.29 is 27.5 Å². The fourth-order valence-corrected chi connectivity index (χ4v) is 7.43. The van der Waals surface area contributed by atoms with Crippen LogP contribution in [0.4, 0.5) is 5.00 Å². The number of benzene rings is 1. The number of esters is 1. The number of amides is 1. The Labute approximate surface area is 210 Å².